The zero-order valence-electron chi connectivity index (χ0n) is 12.9. The van der Waals surface area contributed by atoms with Crippen LogP contribution < -0.4 is 5.32 Å². The van der Waals surface area contributed by atoms with Gasteiger partial charge < -0.3 is 15.0 Å². The van der Waals surface area contributed by atoms with Crippen LogP contribution in [0.15, 0.2) is 0 Å². The second-order valence-electron chi connectivity index (χ2n) is 6.88. The molecule has 5 nitrogen and oxygen atoms in total. The summed E-state index contributed by atoms with van der Waals surface area (Å²) in [6.07, 6.45) is 8.83. The molecule has 3 fully saturated rings. The number of carbonyl (C=O) groups is 2. The first kappa shape index (κ1) is 14.8. The topological polar surface area (TPSA) is 58.6 Å². The van der Waals surface area contributed by atoms with Crippen LogP contribution in [0.25, 0.3) is 0 Å². The van der Waals surface area contributed by atoms with E-state index in [9.17, 15) is 9.59 Å². The summed E-state index contributed by atoms with van der Waals surface area (Å²) in [5.74, 6) is 0.401. The summed E-state index contributed by atoms with van der Waals surface area (Å²) < 4.78 is 5.62. The predicted octanol–water partition coefficient (Wildman–Crippen LogP) is 1.46. The number of methoxy groups -OCH3 is 1. The molecule has 3 aliphatic rings. The first-order chi connectivity index (χ1) is 10.1. The highest BCUT2D eigenvalue weighted by molar-refractivity contribution is 5.95. The van der Waals surface area contributed by atoms with E-state index in [1.165, 1.54) is 19.3 Å². The zero-order valence-corrected chi connectivity index (χ0v) is 12.9. The molecule has 21 heavy (non-hydrogen) atoms. The number of carbonyl (C=O) groups excluding carboxylic acids is 2. The van der Waals surface area contributed by atoms with Gasteiger partial charge in [0.1, 0.15) is 6.04 Å². The summed E-state index contributed by atoms with van der Waals surface area (Å²) in [6, 6.07) is -0.305. The zero-order chi connectivity index (χ0) is 14.9. The summed E-state index contributed by atoms with van der Waals surface area (Å²) >= 11 is 0. The van der Waals surface area contributed by atoms with Crippen LogP contribution in [0.5, 0.6) is 0 Å². The molecule has 2 amide bonds. The van der Waals surface area contributed by atoms with Crippen molar-refractivity contribution in [1.29, 1.82) is 0 Å². The Morgan fingerprint density at radius 3 is 2.48 bits per heavy atom. The molecule has 0 bridgehead atoms. The number of nitrogens with one attached hydrogen (secondary N) is 1. The van der Waals surface area contributed by atoms with Crippen LogP contribution in [0.4, 0.5) is 0 Å². The van der Waals surface area contributed by atoms with Gasteiger partial charge >= 0.3 is 0 Å². The van der Waals surface area contributed by atoms with E-state index in [0.717, 1.165) is 32.1 Å². The van der Waals surface area contributed by atoms with Crippen molar-refractivity contribution >= 4 is 11.8 Å². The quantitative estimate of drug-likeness (QED) is 0.854. The van der Waals surface area contributed by atoms with E-state index in [0.29, 0.717) is 12.5 Å². The number of piperazine rings is 1. The lowest BCUT2D eigenvalue weighted by Crippen LogP contribution is -2.64. The average molecular weight is 294 g/mol. The maximum absolute atomic E-state index is 12.8. The normalized spacial score (nSPS) is 30.0. The highest BCUT2D eigenvalue weighted by Crippen LogP contribution is 2.36. The summed E-state index contributed by atoms with van der Waals surface area (Å²) in [5.41, 5.74) is -0.204. The van der Waals surface area contributed by atoms with Crippen molar-refractivity contribution in [2.75, 3.05) is 20.2 Å². The van der Waals surface area contributed by atoms with Crippen LogP contribution >= 0.6 is 0 Å². The maximum Gasteiger partial charge on any atom is 0.246 e. The highest BCUT2D eigenvalue weighted by Gasteiger charge is 2.44. The number of hydrogen-bond acceptors (Lipinski definition) is 3. The van der Waals surface area contributed by atoms with Gasteiger partial charge in [0.25, 0.3) is 0 Å². The first-order valence-corrected chi connectivity index (χ1v) is 8.27. The molecule has 1 saturated heterocycles. The number of rotatable bonds is 4. The predicted molar refractivity (Wildman–Crippen MR) is 78.7 cm³/mol. The molecule has 2 aliphatic carbocycles. The van der Waals surface area contributed by atoms with Crippen molar-refractivity contribution in [2.45, 2.75) is 63.0 Å². The van der Waals surface area contributed by atoms with Crippen molar-refractivity contribution in [3.05, 3.63) is 0 Å². The Hall–Kier alpha value is -1.10. The van der Waals surface area contributed by atoms with Crippen molar-refractivity contribution in [2.24, 2.45) is 5.92 Å². The van der Waals surface area contributed by atoms with Gasteiger partial charge in [-0.05, 0) is 38.0 Å². The fraction of sp³-hybridized carbons (Fsp3) is 0.875. The minimum Gasteiger partial charge on any atom is -0.376 e. The Bertz CT molecular complexity index is 408. The van der Waals surface area contributed by atoms with Gasteiger partial charge in [-0.15, -0.1) is 0 Å². The van der Waals surface area contributed by atoms with Gasteiger partial charge in [0.05, 0.1) is 18.7 Å². The minimum atomic E-state index is -0.305. The van der Waals surface area contributed by atoms with Gasteiger partial charge in [-0.3, -0.25) is 9.59 Å². The smallest absolute Gasteiger partial charge is 0.246 e. The number of ether oxygens (including phenoxy) is 1. The lowest BCUT2D eigenvalue weighted by Gasteiger charge is -2.46. The fourth-order valence-electron chi connectivity index (χ4n) is 4.00. The Morgan fingerprint density at radius 1 is 1.19 bits per heavy atom. The Labute approximate surface area is 126 Å². The van der Waals surface area contributed by atoms with Crippen molar-refractivity contribution in [1.82, 2.24) is 10.2 Å². The Kier molecular flexibility index (Phi) is 4.20. The van der Waals surface area contributed by atoms with Gasteiger partial charge in [-0.2, -0.15) is 0 Å². The van der Waals surface area contributed by atoms with E-state index < -0.39 is 0 Å². The van der Waals surface area contributed by atoms with Crippen LogP contribution in [0.1, 0.15) is 51.4 Å². The second kappa shape index (κ2) is 5.95. The van der Waals surface area contributed by atoms with Crippen molar-refractivity contribution in [3.63, 3.8) is 0 Å². The van der Waals surface area contributed by atoms with Crippen LogP contribution in [0.3, 0.4) is 0 Å². The number of amides is 2. The van der Waals surface area contributed by atoms with Crippen molar-refractivity contribution in [3.8, 4) is 0 Å². The van der Waals surface area contributed by atoms with Crippen LogP contribution in [0.2, 0.25) is 0 Å². The van der Waals surface area contributed by atoms with Crippen molar-refractivity contribution < 1.29 is 14.3 Å². The highest BCUT2D eigenvalue weighted by atomic mass is 16.5. The standard InChI is InChI=1S/C16H26N2O3/c1-21-16(8-5-9-16)11-18-10-13(19)17-14(15(18)20)12-6-3-2-4-7-12/h12,14H,2-11H2,1H3,(H,17,19). The molecular weight excluding hydrogens is 268 g/mol. The first-order valence-electron chi connectivity index (χ1n) is 8.27. The molecule has 0 aromatic carbocycles. The molecule has 1 N–H and O–H groups in total. The summed E-state index contributed by atoms with van der Waals surface area (Å²) in [5, 5.41) is 2.93. The summed E-state index contributed by atoms with van der Waals surface area (Å²) in [4.78, 5) is 26.5. The third-order valence-electron chi connectivity index (χ3n) is 5.53. The van der Waals surface area contributed by atoms with Crippen LogP contribution in [-0.2, 0) is 14.3 Å². The molecule has 0 aromatic rings. The largest absolute Gasteiger partial charge is 0.376 e. The van der Waals surface area contributed by atoms with Gasteiger partial charge in [0.2, 0.25) is 11.8 Å². The molecule has 2 saturated carbocycles. The van der Waals surface area contributed by atoms with Gasteiger partial charge in [-0.1, -0.05) is 19.3 Å². The monoisotopic (exact) mass is 294 g/mol. The minimum absolute atomic E-state index is 0.0178. The molecule has 1 atom stereocenters. The van der Waals surface area contributed by atoms with Gasteiger partial charge in [0, 0.05) is 7.11 Å². The fourth-order valence-corrected chi connectivity index (χ4v) is 4.00. The number of nitrogens with zero attached hydrogens (tertiary/aromatic N) is 1. The molecule has 1 unspecified atom stereocenters. The molecule has 3 rings (SSSR count). The molecule has 1 aliphatic heterocycles. The van der Waals surface area contributed by atoms with E-state index in [2.05, 4.69) is 5.32 Å². The van der Waals surface area contributed by atoms with Gasteiger partial charge in [-0.25, -0.2) is 0 Å². The lowest BCUT2D eigenvalue weighted by molar-refractivity contribution is -0.154. The molecule has 0 aromatic heterocycles. The number of hydrogen-bond donors (Lipinski definition) is 1. The van der Waals surface area contributed by atoms with E-state index in [1.54, 1.807) is 12.0 Å². The van der Waals surface area contributed by atoms with Gasteiger partial charge in [0.15, 0.2) is 0 Å². The third kappa shape index (κ3) is 2.93. The summed E-state index contributed by atoms with van der Waals surface area (Å²) in [7, 11) is 1.71. The summed E-state index contributed by atoms with van der Waals surface area (Å²) in [6.45, 7) is 0.756. The van der Waals surface area contributed by atoms with E-state index in [-0.39, 0.29) is 30.0 Å². The molecule has 0 spiro atoms. The molecule has 118 valence electrons. The third-order valence-corrected chi connectivity index (χ3v) is 5.53. The Morgan fingerprint density at radius 2 is 1.90 bits per heavy atom. The molecule has 0 radical (unpaired) electrons. The van der Waals surface area contributed by atoms with E-state index >= 15 is 0 Å². The average Bonchev–Trinajstić information content (AvgIpc) is 2.47. The maximum atomic E-state index is 12.8. The SMILES string of the molecule is COC1(CN2CC(=O)NC(C3CCCCC3)C2=O)CCC1. The van der Waals surface area contributed by atoms with Crippen LogP contribution in [0, 0.1) is 5.92 Å². The molecule has 1 heterocycles. The van der Waals surface area contributed by atoms with E-state index in [4.69, 9.17) is 4.74 Å². The molecule has 5 heteroatoms. The van der Waals surface area contributed by atoms with Crippen LogP contribution in [-0.4, -0.2) is 48.6 Å². The molecular formula is C16H26N2O3. The lowest BCUT2D eigenvalue weighted by atomic mass is 9.78. The Balaban J connectivity index is 1.69. The second-order valence-corrected chi connectivity index (χ2v) is 6.88. The van der Waals surface area contributed by atoms with E-state index in [1.807, 2.05) is 0 Å².